The number of amides is 1. The van der Waals surface area contributed by atoms with Gasteiger partial charge in [0.2, 0.25) is 0 Å². The third kappa shape index (κ3) is 5.38. The summed E-state index contributed by atoms with van der Waals surface area (Å²) in [7, 11) is 1.64. The Kier molecular flexibility index (Phi) is 7.12. The Morgan fingerprint density at radius 3 is 2.91 bits per heavy atom. The zero-order valence-electron chi connectivity index (χ0n) is 13.4. The molecule has 6 nitrogen and oxygen atoms in total. The largest absolute Gasteiger partial charge is 0.382 e. The van der Waals surface area contributed by atoms with Crippen molar-refractivity contribution in [3.05, 3.63) is 35.0 Å². The molecule has 2 aromatic heterocycles. The average Bonchev–Trinajstić information content (AvgIpc) is 2.96. The number of pyridine rings is 1. The zero-order chi connectivity index (χ0) is 16.5. The van der Waals surface area contributed by atoms with Crippen molar-refractivity contribution in [1.82, 2.24) is 15.3 Å². The summed E-state index contributed by atoms with van der Waals surface area (Å²) in [5.41, 5.74) is 1.51. The van der Waals surface area contributed by atoms with Gasteiger partial charge in [-0.25, -0.2) is 4.98 Å². The number of carbonyl (C=O) groups excluding carboxylic acids is 1. The topological polar surface area (TPSA) is 73.3 Å². The molecule has 2 aromatic rings. The molecular weight excluding hydrogens is 314 g/mol. The minimum atomic E-state index is -0.0981. The normalized spacial score (nSPS) is 10.7. The Morgan fingerprint density at radius 1 is 1.30 bits per heavy atom. The number of aromatic nitrogens is 2. The molecular formula is C16H21N3O3S. The first kappa shape index (κ1) is 17.5. The van der Waals surface area contributed by atoms with Crippen LogP contribution < -0.4 is 5.32 Å². The van der Waals surface area contributed by atoms with E-state index in [0.717, 1.165) is 22.8 Å². The summed E-state index contributed by atoms with van der Waals surface area (Å²) in [5, 5.41) is 3.66. The summed E-state index contributed by atoms with van der Waals surface area (Å²) in [6.45, 7) is 4.17. The molecule has 1 N–H and O–H groups in total. The first-order valence-electron chi connectivity index (χ1n) is 7.46. The molecule has 1 amide bonds. The van der Waals surface area contributed by atoms with Gasteiger partial charge in [-0.3, -0.25) is 9.78 Å². The molecule has 2 rings (SSSR count). The smallest absolute Gasteiger partial charge is 0.263 e. The second kappa shape index (κ2) is 9.34. The van der Waals surface area contributed by atoms with Crippen LogP contribution in [0.2, 0.25) is 0 Å². The fourth-order valence-corrected chi connectivity index (χ4v) is 2.87. The highest BCUT2D eigenvalue weighted by Gasteiger charge is 2.16. The van der Waals surface area contributed by atoms with Crippen LogP contribution in [0.5, 0.6) is 0 Å². The summed E-state index contributed by atoms with van der Waals surface area (Å²) in [6.07, 6.45) is 2.48. The maximum Gasteiger partial charge on any atom is 0.263 e. The molecule has 0 aromatic carbocycles. The van der Waals surface area contributed by atoms with Crippen LogP contribution in [0.25, 0.3) is 10.7 Å². The minimum absolute atomic E-state index is 0.0981. The molecule has 124 valence electrons. The Labute approximate surface area is 139 Å². The van der Waals surface area contributed by atoms with Crippen LogP contribution in [0.3, 0.4) is 0 Å². The molecule has 0 saturated heterocycles. The van der Waals surface area contributed by atoms with E-state index in [1.165, 1.54) is 11.3 Å². The number of rotatable bonds is 9. The van der Waals surface area contributed by atoms with E-state index in [-0.39, 0.29) is 5.91 Å². The van der Waals surface area contributed by atoms with Gasteiger partial charge in [0.15, 0.2) is 0 Å². The van der Waals surface area contributed by atoms with Crippen molar-refractivity contribution in [3.8, 4) is 10.7 Å². The number of aryl methyl sites for hydroxylation is 1. The first-order chi connectivity index (χ1) is 11.2. The zero-order valence-corrected chi connectivity index (χ0v) is 14.2. The van der Waals surface area contributed by atoms with Gasteiger partial charge < -0.3 is 14.8 Å². The molecule has 7 heteroatoms. The second-order valence-corrected chi connectivity index (χ2v) is 5.86. The van der Waals surface area contributed by atoms with E-state index in [1.807, 2.05) is 25.1 Å². The fourth-order valence-electron chi connectivity index (χ4n) is 1.91. The third-order valence-corrected chi connectivity index (χ3v) is 4.25. The van der Waals surface area contributed by atoms with Crippen LogP contribution in [-0.2, 0) is 9.47 Å². The van der Waals surface area contributed by atoms with Crippen molar-refractivity contribution in [2.75, 3.05) is 33.5 Å². The lowest BCUT2D eigenvalue weighted by Gasteiger charge is -2.05. The molecule has 23 heavy (non-hydrogen) atoms. The number of hydrogen-bond donors (Lipinski definition) is 1. The van der Waals surface area contributed by atoms with Crippen LogP contribution in [0.1, 0.15) is 21.8 Å². The lowest BCUT2D eigenvalue weighted by atomic mass is 10.3. The van der Waals surface area contributed by atoms with Gasteiger partial charge in [0.1, 0.15) is 9.88 Å². The molecule has 0 aliphatic heterocycles. The molecule has 0 radical (unpaired) electrons. The molecule has 0 spiro atoms. The molecule has 0 atom stereocenters. The van der Waals surface area contributed by atoms with E-state index < -0.39 is 0 Å². The molecule has 0 fully saturated rings. The van der Waals surface area contributed by atoms with Gasteiger partial charge in [-0.15, -0.1) is 11.3 Å². The minimum Gasteiger partial charge on any atom is -0.382 e. The maximum absolute atomic E-state index is 12.2. The van der Waals surface area contributed by atoms with Crippen LogP contribution >= 0.6 is 11.3 Å². The predicted molar refractivity (Wildman–Crippen MR) is 89.7 cm³/mol. The van der Waals surface area contributed by atoms with Crippen molar-refractivity contribution >= 4 is 17.2 Å². The van der Waals surface area contributed by atoms with Crippen molar-refractivity contribution in [1.29, 1.82) is 0 Å². The van der Waals surface area contributed by atoms with Crippen molar-refractivity contribution in [3.63, 3.8) is 0 Å². The highest BCUT2D eigenvalue weighted by Crippen LogP contribution is 2.26. The Morgan fingerprint density at radius 2 is 2.17 bits per heavy atom. The lowest BCUT2D eigenvalue weighted by Crippen LogP contribution is -2.25. The summed E-state index contributed by atoms with van der Waals surface area (Å²) in [4.78, 5) is 21.6. The number of nitrogens with zero attached hydrogens (tertiary/aromatic N) is 2. The second-order valence-electron chi connectivity index (χ2n) is 4.86. The Hall–Kier alpha value is -1.83. The van der Waals surface area contributed by atoms with E-state index in [4.69, 9.17) is 9.47 Å². The van der Waals surface area contributed by atoms with Crippen molar-refractivity contribution < 1.29 is 14.3 Å². The molecule has 0 bridgehead atoms. The van der Waals surface area contributed by atoms with E-state index in [2.05, 4.69) is 15.3 Å². The van der Waals surface area contributed by atoms with Gasteiger partial charge >= 0.3 is 0 Å². The molecule has 0 aliphatic carbocycles. The van der Waals surface area contributed by atoms with Gasteiger partial charge in [0, 0.05) is 26.5 Å². The van der Waals surface area contributed by atoms with Crippen molar-refractivity contribution in [2.45, 2.75) is 13.3 Å². The Bertz CT molecular complexity index is 616. The predicted octanol–water partition coefficient (Wildman–Crippen LogP) is 2.30. The number of thiazole rings is 1. The first-order valence-corrected chi connectivity index (χ1v) is 8.27. The van der Waals surface area contributed by atoms with Gasteiger partial charge in [0.05, 0.1) is 24.6 Å². The summed E-state index contributed by atoms with van der Waals surface area (Å²) in [6, 6.07) is 5.64. The van der Waals surface area contributed by atoms with E-state index >= 15 is 0 Å². The maximum atomic E-state index is 12.2. The SMILES string of the molecule is COCCOCCCNC(=O)c1sc(-c2ccccn2)nc1C. The van der Waals surface area contributed by atoms with E-state index in [9.17, 15) is 4.79 Å². The number of hydrogen-bond acceptors (Lipinski definition) is 6. The quantitative estimate of drug-likeness (QED) is 0.712. The van der Waals surface area contributed by atoms with Crippen LogP contribution in [-0.4, -0.2) is 49.4 Å². The highest BCUT2D eigenvalue weighted by atomic mass is 32.1. The monoisotopic (exact) mass is 335 g/mol. The Balaban J connectivity index is 1.82. The number of methoxy groups -OCH3 is 1. The number of nitrogens with one attached hydrogen (secondary N) is 1. The standard InChI is InChI=1S/C16H21N3O3S/c1-12-14(15(20)18-8-5-9-22-11-10-21-2)23-16(19-12)13-6-3-4-7-17-13/h3-4,6-7H,5,8-11H2,1-2H3,(H,18,20). The van der Waals surface area contributed by atoms with Crippen LogP contribution in [0, 0.1) is 6.92 Å². The lowest BCUT2D eigenvalue weighted by molar-refractivity contribution is 0.0688. The third-order valence-electron chi connectivity index (χ3n) is 3.07. The molecule has 0 saturated carbocycles. The van der Waals surface area contributed by atoms with Crippen LogP contribution in [0.4, 0.5) is 0 Å². The average molecular weight is 335 g/mol. The highest BCUT2D eigenvalue weighted by molar-refractivity contribution is 7.17. The number of ether oxygens (including phenoxy) is 2. The van der Waals surface area contributed by atoms with Gasteiger partial charge in [-0.05, 0) is 25.5 Å². The van der Waals surface area contributed by atoms with Gasteiger partial charge in [0.25, 0.3) is 5.91 Å². The summed E-state index contributed by atoms with van der Waals surface area (Å²) in [5.74, 6) is -0.0981. The van der Waals surface area contributed by atoms with E-state index in [0.29, 0.717) is 31.2 Å². The van der Waals surface area contributed by atoms with Crippen molar-refractivity contribution in [2.24, 2.45) is 0 Å². The van der Waals surface area contributed by atoms with Gasteiger partial charge in [-0.2, -0.15) is 0 Å². The molecule has 2 heterocycles. The van der Waals surface area contributed by atoms with Crippen LogP contribution in [0.15, 0.2) is 24.4 Å². The van der Waals surface area contributed by atoms with Gasteiger partial charge in [-0.1, -0.05) is 6.07 Å². The molecule has 0 unspecified atom stereocenters. The fraction of sp³-hybridized carbons (Fsp3) is 0.438. The number of carbonyl (C=O) groups is 1. The summed E-state index contributed by atoms with van der Waals surface area (Å²) < 4.78 is 10.2. The van der Waals surface area contributed by atoms with E-state index in [1.54, 1.807) is 13.3 Å². The molecule has 0 aliphatic rings. The summed E-state index contributed by atoms with van der Waals surface area (Å²) >= 11 is 1.36.